The summed E-state index contributed by atoms with van der Waals surface area (Å²) in [6.07, 6.45) is 4.96. The van der Waals surface area contributed by atoms with Crippen molar-refractivity contribution in [1.82, 2.24) is 0 Å². The fourth-order valence-corrected chi connectivity index (χ4v) is 3.20. The Morgan fingerprint density at radius 2 is 2.00 bits per heavy atom. The SMILES string of the molecule is CC(=O)C(C)S(=O)CC1CCCC1. The van der Waals surface area contributed by atoms with Gasteiger partial charge in [0, 0.05) is 16.6 Å². The van der Waals surface area contributed by atoms with Gasteiger partial charge in [0.15, 0.2) is 0 Å². The summed E-state index contributed by atoms with van der Waals surface area (Å²) < 4.78 is 11.6. The molecule has 0 heterocycles. The van der Waals surface area contributed by atoms with Crippen molar-refractivity contribution >= 4 is 16.6 Å². The Labute approximate surface area is 82.6 Å². The topological polar surface area (TPSA) is 34.1 Å². The Morgan fingerprint density at radius 1 is 1.46 bits per heavy atom. The molecule has 0 radical (unpaired) electrons. The van der Waals surface area contributed by atoms with Gasteiger partial charge in [-0.1, -0.05) is 12.8 Å². The van der Waals surface area contributed by atoms with Crippen molar-refractivity contribution in [2.75, 3.05) is 5.75 Å². The molecule has 3 heteroatoms. The van der Waals surface area contributed by atoms with Crippen molar-refractivity contribution in [3.05, 3.63) is 0 Å². The number of hydrogen-bond acceptors (Lipinski definition) is 2. The third kappa shape index (κ3) is 3.22. The van der Waals surface area contributed by atoms with E-state index in [4.69, 9.17) is 0 Å². The van der Waals surface area contributed by atoms with Crippen molar-refractivity contribution in [3.8, 4) is 0 Å². The highest BCUT2D eigenvalue weighted by molar-refractivity contribution is 7.86. The Hall–Kier alpha value is -0.180. The predicted octanol–water partition coefficient (Wildman–Crippen LogP) is 1.90. The van der Waals surface area contributed by atoms with Crippen molar-refractivity contribution in [2.24, 2.45) is 5.92 Å². The van der Waals surface area contributed by atoms with E-state index in [0.717, 1.165) is 5.75 Å². The molecule has 0 N–H and O–H groups in total. The first-order valence-electron chi connectivity index (χ1n) is 4.99. The molecule has 2 nitrogen and oxygen atoms in total. The molecule has 0 saturated heterocycles. The molecule has 1 fully saturated rings. The van der Waals surface area contributed by atoms with Gasteiger partial charge < -0.3 is 0 Å². The maximum Gasteiger partial charge on any atom is 0.145 e. The van der Waals surface area contributed by atoms with Crippen LogP contribution in [-0.4, -0.2) is 21.0 Å². The van der Waals surface area contributed by atoms with E-state index < -0.39 is 10.8 Å². The predicted molar refractivity (Wildman–Crippen MR) is 55.1 cm³/mol. The molecule has 1 aliphatic rings. The maximum absolute atomic E-state index is 11.6. The molecule has 2 atom stereocenters. The second-order valence-electron chi connectivity index (χ2n) is 3.95. The number of carbonyl (C=O) groups is 1. The monoisotopic (exact) mass is 202 g/mol. The Kier molecular flexibility index (Phi) is 4.10. The molecule has 13 heavy (non-hydrogen) atoms. The van der Waals surface area contributed by atoms with Gasteiger partial charge >= 0.3 is 0 Å². The van der Waals surface area contributed by atoms with Crippen molar-refractivity contribution in [2.45, 2.75) is 44.8 Å². The Morgan fingerprint density at radius 3 is 2.46 bits per heavy atom. The summed E-state index contributed by atoms with van der Waals surface area (Å²) in [5.74, 6) is 1.40. The van der Waals surface area contributed by atoms with Crippen LogP contribution in [0.2, 0.25) is 0 Å². The average Bonchev–Trinajstić information content (AvgIpc) is 2.55. The van der Waals surface area contributed by atoms with Crippen LogP contribution in [0.5, 0.6) is 0 Å². The van der Waals surface area contributed by atoms with Gasteiger partial charge in [-0.2, -0.15) is 0 Å². The van der Waals surface area contributed by atoms with Crippen molar-refractivity contribution in [3.63, 3.8) is 0 Å². The molecule has 0 bridgehead atoms. The summed E-state index contributed by atoms with van der Waals surface area (Å²) in [6, 6.07) is 0. The minimum absolute atomic E-state index is 0.0522. The first kappa shape index (κ1) is 10.9. The van der Waals surface area contributed by atoms with E-state index in [0.29, 0.717) is 5.92 Å². The number of carbonyl (C=O) groups excluding carboxylic acids is 1. The van der Waals surface area contributed by atoms with Crippen LogP contribution in [0, 0.1) is 5.92 Å². The molecule has 0 spiro atoms. The lowest BCUT2D eigenvalue weighted by Gasteiger charge is -2.11. The maximum atomic E-state index is 11.6. The van der Waals surface area contributed by atoms with Crippen molar-refractivity contribution < 1.29 is 9.00 Å². The lowest BCUT2D eigenvalue weighted by Crippen LogP contribution is -2.24. The molecule has 0 aromatic rings. The molecular weight excluding hydrogens is 184 g/mol. The van der Waals surface area contributed by atoms with E-state index in [1.165, 1.54) is 32.6 Å². The smallest absolute Gasteiger partial charge is 0.145 e. The third-order valence-corrected chi connectivity index (χ3v) is 4.76. The molecule has 0 aromatic carbocycles. The van der Waals surface area contributed by atoms with E-state index in [-0.39, 0.29) is 11.0 Å². The summed E-state index contributed by atoms with van der Waals surface area (Å²) in [4.78, 5) is 11.0. The fraction of sp³-hybridized carbons (Fsp3) is 0.900. The molecule has 2 unspecified atom stereocenters. The average molecular weight is 202 g/mol. The van der Waals surface area contributed by atoms with Gasteiger partial charge in [0.2, 0.25) is 0 Å². The van der Waals surface area contributed by atoms with Gasteiger partial charge in [-0.05, 0) is 32.6 Å². The minimum atomic E-state index is -0.934. The highest BCUT2D eigenvalue weighted by Crippen LogP contribution is 2.25. The number of rotatable bonds is 4. The van der Waals surface area contributed by atoms with Gasteiger partial charge in [0.25, 0.3) is 0 Å². The van der Waals surface area contributed by atoms with E-state index in [2.05, 4.69) is 0 Å². The molecule has 0 aliphatic heterocycles. The highest BCUT2D eigenvalue weighted by atomic mass is 32.2. The molecule has 1 aliphatic carbocycles. The Bertz CT molecular complexity index is 207. The van der Waals surface area contributed by atoms with Gasteiger partial charge in [0.1, 0.15) is 5.78 Å². The van der Waals surface area contributed by atoms with Crippen LogP contribution in [0.15, 0.2) is 0 Å². The van der Waals surface area contributed by atoms with Crippen LogP contribution in [0.25, 0.3) is 0 Å². The second kappa shape index (κ2) is 4.89. The van der Waals surface area contributed by atoms with Gasteiger partial charge in [-0.3, -0.25) is 9.00 Å². The lowest BCUT2D eigenvalue weighted by atomic mass is 10.1. The lowest BCUT2D eigenvalue weighted by molar-refractivity contribution is -0.116. The molecular formula is C10H18O2S. The van der Waals surface area contributed by atoms with E-state index in [9.17, 15) is 9.00 Å². The summed E-state index contributed by atoms with van der Waals surface area (Å²) >= 11 is 0. The van der Waals surface area contributed by atoms with Crippen LogP contribution in [0.1, 0.15) is 39.5 Å². The first-order chi connectivity index (χ1) is 6.11. The summed E-state index contributed by atoms with van der Waals surface area (Å²) in [6.45, 7) is 3.30. The zero-order chi connectivity index (χ0) is 9.84. The largest absolute Gasteiger partial charge is 0.299 e. The van der Waals surface area contributed by atoms with Gasteiger partial charge in [0.05, 0.1) is 5.25 Å². The van der Waals surface area contributed by atoms with E-state index in [1.807, 2.05) is 0 Å². The quantitative estimate of drug-likeness (QED) is 0.698. The van der Waals surface area contributed by atoms with Crippen LogP contribution < -0.4 is 0 Å². The van der Waals surface area contributed by atoms with E-state index in [1.54, 1.807) is 6.92 Å². The van der Waals surface area contributed by atoms with Crippen LogP contribution in [0.4, 0.5) is 0 Å². The standard InChI is InChI=1S/C10H18O2S/c1-8(11)9(2)13(12)7-10-5-3-4-6-10/h9-10H,3-7H2,1-2H3. The summed E-state index contributed by atoms with van der Waals surface area (Å²) in [5.41, 5.74) is 0. The number of Topliss-reactive ketones (excluding diaryl/α,β-unsaturated/α-hetero) is 1. The summed E-state index contributed by atoms with van der Waals surface area (Å²) in [5, 5.41) is -0.263. The highest BCUT2D eigenvalue weighted by Gasteiger charge is 2.22. The normalized spacial score (nSPS) is 22.9. The number of hydrogen-bond donors (Lipinski definition) is 0. The molecule has 76 valence electrons. The third-order valence-electron chi connectivity index (χ3n) is 2.84. The van der Waals surface area contributed by atoms with Gasteiger partial charge in [-0.25, -0.2) is 0 Å². The summed E-state index contributed by atoms with van der Waals surface area (Å²) in [7, 11) is -0.934. The minimum Gasteiger partial charge on any atom is -0.299 e. The van der Waals surface area contributed by atoms with Crippen LogP contribution >= 0.6 is 0 Å². The van der Waals surface area contributed by atoms with Gasteiger partial charge in [-0.15, -0.1) is 0 Å². The molecule has 1 saturated carbocycles. The molecule has 1 rings (SSSR count). The number of ketones is 1. The first-order valence-corrected chi connectivity index (χ1v) is 6.37. The second-order valence-corrected chi connectivity index (χ2v) is 5.75. The van der Waals surface area contributed by atoms with Crippen LogP contribution in [-0.2, 0) is 15.6 Å². The van der Waals surface area contributed by atoms with Crippen LogP contribution in [0.3, 0.4) is 0 Å². The molecule has 0 aromatic heterocycles. The van der Waals surface area contributed by atoms with E-state index >= 15 is 0 Å². The Balaban J connectivity index is 2.35. The zero-order valence-corrected chi connectivity index (χ0v) is 9.23. The molecule has 0 amide bonds. The van der Waals surface area contributed by atoms with Crippen molar-refractivity contribution in [1.29, 1.82) is 0 Å². The fourth-order valence-electron chi connectivity index (χ4n) is 1.74. The zero-order valence-electron chi connectivity index (χ0n) is 8.41.